The molecule has 1 aromatic carbocycles. The molecule has 1 heterocycles. The van der Waals surface area contributed by atoms with Gasteiger partial charge in [-0.1, -0.05) is 29.8 Å². The highest BCUT2D eigenvalue weighted by molar-refractivity contribution is 5.79. The molecule has 1 amide bonds. The van der Waals surface area contributed by atoms with Crippen molar-refractivity contribution in [1.82, 2.24) is 15.2 Å². The standard InChI is InChI=1S/C19H25N3O2/c1-15-4-6-16(7-5-15)19(17-8-10-20-11-9-17)21-18(23)14-22(2)12-13-24-3/h4-11,19H,12-14H2,1-3H3,(H,21,23)/t19-/m0/s1. The van der Waals surface area contributed by atoms with Crippen molar-refractivity contribution in [1.29, 1.82) is 0 Å². The molecule has 1 N–H and O–H groups in total. The average Bonchev–Trinajstić information content (AvgIpc) is 2.59. The van der Waals surface area contributed by atoms with Crippen LogP contribution in [0.5, 0.6) is 0 Å². The third-order valence-corrected chi connectivity index (χ3v) is 3.85. The van der Waals surface area contributed by atoms with Gasteiger partial charge in [0, 0.05) is 26.0 Å². The quantitative estimate of drug-likeness (QED) is 0.807. The minimum atomic E-state index is -0.183. The van der Waals surface area contributed by atoms with Crippen LogP contribution < -0.4 is 5.32 Å². The molecule has 2 rings (SSSR count). The highest BCUT2D eigenvalue weighted by Gasteiger charge is 2.17. The Kier molecular flexibility index (Phi) is 6.90. The summed E-state index contributed by atoms with van der Waals surface area (Å²) < 4.78 is 5.04. The molecule has 0 unspecified atom stereocenters. The molecule has 0 aliphatic carbocycles. The molecular weight excluding hydrogens is 302 g/mol. The third kappa shape index (κ3) is 5.44. The molecule has 0 spiro atoms. The summed E-state index contributed by atoms with van der Waals surface area (Å²) in [5.41, 5.74) is 3.26. The Balaban J connectivity index is 2.12. The number of benzene rings is 1. The topological polar surface area (TPSA) is 54.5 Å². The average molecular weight is 327 g/mol. The monoisotopic (exact) mass is 327 g/mol. The SMILES string of the molecule is COCCN(C)CC(=O)N[C@H](c1ccncc1)c1ccc(C)cc1. The number of hydrogen-bond donors (Lipinski definition) is 1. The first-order valence-electron chi connectivity index (χ1n) is 8.03. The normalized spacial score (nSPS) is 12.2. The molecule has 5 heteroatoms. The van der Waals surface area contributed by atoms with Gasteiger partial charge >= 0.3 is 0 Å². The van der Waals surface area contributed by atoms with E-state index in [0.717, 1.165) is 11.1 Å². The molecule has 128 valence electrons. The maximum atomic E-state index is 12.4. The molecular formula is C19H25N3O2. The van der Waals surface area contributed by atoms with Gasteiger partial charge in [-0.2, -0.15) is 0 Å². The van der Waals surface area contributed by atoms with Gasteiger partial charge in [0.15, 0.2) is 0 Å². The first-order valence-corrected chi connectivity index (χ1v) is 8.03. The predicted molar refractivity (Wildman–Crippen MR) is 94.8 cm³/mol. The number of hydrogen-bond acceptors (Lipinski definition) is 4. The molecule has 24 heavy (non-hydrogen) atoms. The van der Waals surface area contributed by atoms with Gasteiger partial charge in [0.1, 0.15) is 0 Å². The lowest BCUT2D eigenvalue weighted by atomic mass is 9.98. The smallest absolute Gasteiger partial charge is 0.234 e. The number of ether oxygens (including phenoxy) is 1. The summed E-state index contributed by atoms with van der Waals surface area (Å²) in [6.45, 7) is 3.70. The number of amides is 1. The van der Waals surface area contributed by atoms with E-state index in [1.807, 2.05) is 24.1 Å². The number of nitrogens with one attached hydrogen (secondary N) is 1. The summed E-state index contributed by atoms with van der Waals surface area (Å²) in [5, 5.41) is 3.13. The Morgan fingerprint density at radius 3 is 2.42 bits per heavy atom. The number of likely N-dealkylation sites (N-methyl/N-ethyl adjacent to an activating group) is 1. The van der Waals surface area contributed by atoms with E-state index in [1.54, 1.807) is 19.5 Å². The molecule has 5 nitrogen and oxygen atoms in total. The number of carbonyl (C=O) groups is 1. The first-order chi connectivity index (χ1) is 11.6. The zero-order valence-electron chi connectivity index (χ0n) is 14.5. The van der Waals surface area contributed by atoms with Crippen molar-refractivity contribution in [3.05, 3.63) is 65.5 Å². The third-order valence-electron chi connectivity index (χ3n) is 3.85. The summed E-state index contributed by atoms with van der Waals surface area (Å²) in [6.07, 6.45) is 3.49. The van der Waals surface area contributed by atoms with Crippen LogP contribution in [-0.4, -0.2) is 49.6 Å². The van der Waals surface area contributed by atoms with E-state index < -0.39 is 0 Å². The Hall–Kier alpha value is -2.24. The van der Waals surface area contributed by atoms with Crippen LogP contribution in [0.3, 0.4) is 0 Å². The molecule has 1 aromatic heterocycles. The van der Waals surface area contributed by atoms with Crippen molar-refractivity contribution in [3.8, 4) is 0 Å². The van der Waals surface area contributed by atoms with Gasteiger partial charge in [-0.3, -0.25) is 14.7 Å². The summed E-state index contributed by atoms with van der Waals surface area (Å²) in [6, 6.07) is 11.9. The highest BCUT2D eigenvalue weighted by Crippen LogP contribution is 2.22. The summed E-state index contributed by atoms with van der Waals surface area (Å²) in [5.74, 6) is -0.0176. The highest BCUT2D eigenvalue weighted by atomic mass is 16.5. The number of aromatic nitrogens is 1. The van der Waals surface area contributed by atoms with E-state index >= 15 is 0 Å². The zero-order chi connectivity index (χ0) is 17.4. The Labute approximate surface area is 143 Å². The van der Waals surface area contributed by atoms with Gasteiger partial charge in [0.2, 0.25) is 5.91 Å². The summed E-state index contributed by atoms with van der Waals surface area (Å²) in [7, 11) is 3.57. The maximum absolute atomic E-state index is 12.4. The van der Waals surface area contributed by atoms with Crippen molar-refractivity contribution in [3.63, 3.8) is 0 Å². The molecule has 0 fully saturated rings. The lowest BCUT2D eigenvalue weighted by molar-refractivity contribution is -0.122. The number of carbonyl (C=O) groups excluding carboxylic acids is 1. The van der Waals surface area contributed by atoms with Crippen molar-refractivity contribution < 1.29 is 9.53 Å². The van der Waals surface area contributed by atoms with E-state index in [0.29, 0.717) is 19.7 Å². The number of nitrogens with zero attached hydrogens (tertiary/aromatic N) is 2. The number of pyridine rings is 1. The number of methoxy groups -OCH3 is 1. The molecule has 0 radical (unpaired) electrons. The molecule has 1 atom stereocenters. The fourth-order valence-electron chi connectivity index (χ4n) is 2.45. The zero-order valence-corrected chi connectivity index (χ0v) is 14.5. The number of rotatable bonds is 8. The van der Waals surface area contributed by atoms with E-state index in [1.165, 1.54) is 5.56 Å². The molecule has 0 saturated carbocycles. The van der Waals surface area contributed by atoms with E-state index in [9.17, 15) is 4.79 Å². The minimum Gasteiger partial charge on any atom is -0.383 e. The largest absolute Gasteiger partial charge is 0.383 e. The Morgan fingerprint density at radius 2 is 1.79 bits per heavy atom. The fraction of sp³-hybridized carbons (Fsp3) is 0.368. The first kappa shape index (κ1) is 18.1. The lowest BCUT2D eigenvalue weighted by Gasteiger charge is -2.22. The van der Waals surface area contributed by atoms with Crippen LogP contribution in [0.2, 0.25) is 0 Å². The van der Waals surface area contributed by atoms with Crippen LogP contribution in [0.25, 0.3) is 0 Å². The van der Waals surface area contributed by atoms with Crippen LogP contribution in [0, 0.1) is 6.92 Å². The van der Waals surface area contributed by atoms with E-state index in [2.05, 4.69) is 41.5 Å². The van der Waals surface area contributed by atoms with E-state index in [4.69, 9.17) is 4.74 Å². The second-order valence-electron chi connectivity index (χ2n) is 5.92. The second kappa shape index (κ2) is 9.15. The maximum Gasteiger partial charge on any atom is 0.234 e. The molecule has 0 aliphatic rings. The van der Waals surface area contributed by atoms with Gasteiger partial charge in [-0.05, 0) is 37.2 Å². The van der Waals surface area contributed by atoms with Crippen LogP contribution in [0.4, 0.5) is 0 Å². The van der Waals surface area contributed by atoms with Crippen LogP contribution in [0.1, 0.15) is 22.7 Å². The van der Waals surface area contributed by atoms with Gasteiger partial charge in [0.25, 0.3) is 0 Å². The fourth-order valence-corrected chi connectivity index (χ4v) is 2.45. The summed E-state index contributed by atoms with van der Waals surface area (Å²) in [4.78, 5) is 18.4. The lowest BCUT2D eigenvalue weighted by Crippen LogP contribution is -2.38. The Bertz CT molecular complexity index is 629. The molecule has 0 aliphatic heterocycles. The van der Waals surface area contributed by atoms with Gasteiger partial charge < -0.3 is 10.1 Å². The molecule has 0 saturated heterocycles. The van der Waals surface area contributed by atoms with Crippen molar-refractivity contribution in [2.24, 2.45) is 0 Å². The molecule has 2 aromatic rings. The van der Waals surface area contributed by atoms with Crippen molar-refractivity contribution in [2.45, 2.75) is 13.0 Å². The van der Waals surface area contributed by atoms with Crippen molar-refractivity contribution in [2.75, 3.05) is 33.9 Å². The predicted octanol–water partition coefficient (Wildman–Crippen LogP) is 2.17. The molecule has 0 bridgehead atoms. The van der Waals surface area contributed by atoms with E-state index in [-0.39, 0.29) is 11.9 Å². The van der Waals surface area contributed by atoms with Crippen molar-refractivity contribution >= 4 is 5.91 Å². The van der Waals surface area contributed by atoms with Crippen LogP contribution in [0.15, 0.2) is 48.8 Å². The Morgan fingerprint density at radius 1 is 1.17 bits per heavy atom. The second-order valence-corrected chi connectivity index (χ2v) is 5.92. The minimum absolute atomic E-state index is 0.0176. The van der Waals surface area contributed by atoms with Crippen LogP contribution in [-0.2, 0) is 9.53 Å². The van der Waals surface area contributed by atoms with Crippen LogP contribution >= 0.6 is 0 Å². The summed E-state index contributed by atoms with van der Waals surface area (Å²) >= 11 is 0. The van der Waals surface area contributed by atoms with Gasteiger partial charge in [-0.25, -0.2) is 0 Å². The van der Waals surface area contributed by atoms with Gasteiger partial charge in [-0.15, -0.1) is 0 Å². The number of aryl methyl sites for hydroxylation is 1. The van der Waals surface area contributed by atoms with Gasteiger partial charge in [0.05, 0.1) is 19.2 Å².